The van der Waals surface area contributed by atoms with E-state index in [9.17, 15) is 9.18 Å². The Kier molecular flexibility index (Phi) is 6.74. The molecule has 0 unspecified atom stereocenters. The number of rotatable bonds is 7. The van der Waals surface area contributed by atoms with Crippen molar-refractivity contribution in [3.8, 4) is 11.4 Å². The Balaban J connectivity index is 1.37. The highest BCUT2D eigenvalue weighted by Crippen LogP contribution is 2.27. The summed E-state index contributed by atoms with van der Waals surface area (Å²) < 4.78 is 21.6. The Morgan fingerprint density at radius 3 is 2.90 bits per heavy atom. The van der Waals surface area contributed by atoms with Crippen LogP contribution in [-0.4, -0.2) is 88.1 Å². The monoisotopic (exact) mass is 429 g/mol. The summed E-state index contributed by atoms with van der Waals surface area (Å²) in [6.07, 6.45) is 5.36. The lowest BCUT2D eigenvalue weighted by Crippen LogP contribution is -2.41. The third kappa shape index (κ3) is 5.00. The lowest BCUT2D eigenvalue weighted by Gasteiger charge is -2.28. The molecular formula is C22H28FN5O3. The van der Waals surface area contributed by atoms with Crippen LogP contribution in [0.2, 0.25) is 0 Å². The molecular weight excluding hydrogens is 401 g/mol. The summed E-state index contributed by atoms with van der Waals surface area (Å²) in [5.41, 5.74) is 2.17. The number of methoxy groups -OCH3 is 1. The Hall–Kier alpha value is -2.62. The number of hydrogen-bond donors (Lipinski definition) is 1. The molecule has 0 radical (unpaired) electrons. The number of halogens is 1. The normalized spacial score (nSPS) is 19.6. The molecule has 9 heteroatoms. The van der Waals surface area contributed by atoms with Crippen LogP contribution in [0, 0.1) is 5.82 Å². The average Bonchev–Trinajstić information content (AvgIpc) is 3.43. The number of amides is 1. The van der Waals surface area contributed by atoms with E-state index in [-0.39, 0.29) is 24.4 Å². The topological polar surface area (TPSA) is 83.7 Å². The average molecular weight is 429 g/mol. The van der Waals surface area contributed by atoms with Crippen molar-refractivity contribution in [3.63, 3.8) is 0 Å². The number of carbonyl (C=O) groups is 1. The van der Waals surface area contributed by atoms with Gasteiger partial charge in [-0.1, -0.05) is 12.1 Å². The Morgan fingerprint density at radius 1 is 1.35 bits per heavy atom. The number of benzene rings is 1. The standard InChI is InChI=1S/C22H28FN5O3/c1-31-18-6-7-26(13-18)14-21(30)27-8-4-16(5-9-27)17-2-3-19(20(23)12-17)22-24-15-28(25-22)10-11-29/h2-4,12,15,18,29H,5-11,13-14H2,1H3/t18-/m0/s1. The number of likely N-dealkylation sites (tertiary alicyclic amines) is 1. The van der Waals surface area contributed by atoms with Gasteiger partial charge >= 0.3 is 0 Å². The molecule has 166 valence electrons. The fraction of sp³-hybridized carbons (Fsp3) is 0.500. The van der Waals surface area contributed by atoms with Crippen LogP contribution in [0.1, 0.15) is 18.4 Å². The van der Waals surface area contributed by atoms with Crippen LogP contribution in [-0.2, 0) is 16.1 Å². The van der Waals surface area contributed by atoms with Gasteiger partial charge in [-0.3, -0.25) is 14.4 Å². The van der Waals surface area contributed by atoms with Gasteiger partial charge in [0.05, 0.1) is 31.4 Å². The van der Waals surface area contributed by atoms with Gasteiger partial charge in [0.25, 0.3) is 0 Å². The molecule has 1 amide bonds. The lowest BCUT2D eigenvalue weighted by atomic mass is 9.98. The van der Waals surface area contributed by atoms with Crippen LogP contribution in [0.15, 0.2) is 30.6 Å². The predicted molar refractivity (Wildman–Crippen MR) is 114 cm³/mol. The largest absolute Gasteiger partial charge is 0.394 e. The van der Waals surface area contributed by atoms with Crippen LogP contribution in [0.3, 0.4) is 0 Å². The van der Waals surface area contributed by atoms with Crippen LogP contribution in [0.5, 0.6) is 0 Å². The second kappa shape index (κ2) is 9.67. The molecule has 0 saturated carbocycles. The maximum atomic E-state index is 14.7. The molecule has 1 N–H and O–H groups in total. The maximum Gasteiger partial charge on any atom is 0.237 e. The maximum absolute atomic E-state index is 14.7. The smallest absolute Gasteiger partial charge is 0.237 e. The highest BCUT2D eigenvalue weighted by Gasteiger charge is 2.26. The molecule has 31 heavy (non-hydrogen) atoms. The molecule has 0 aliphatic carbocycles. The summed E-state index contributed by atoms with van der Waals surface area (Å²) in [7, 11) is 1.71. The quantitative estimate of drug-likeness (QED) is 0.717. The highest BCUT2D eigenvalue weighted by atomic mass is 19.1. The first kappa shape index (κ1) is 21.6. The van der Waals surface area contributed by atoms with Gasteiger partial charge in [0, 0.05) is 33.3 Å². The van der Waals surface area contributed by atoms with Crippen molar-refractivity contribution in [2.24, 2.45) is 0 Å². The molecule has 1 aromatic heterocycles. The van der Waals surface area contributed by atoms with Crippen LogP contribution >= 0.6 is 0 Å². The fourth-order valence-corrected chi connectivity index (χ4v) is 4.11. The molecule has 2 aromatic rings. The first-order valence-corrected chi connectivity index (χ1v) is 10.6. The first-order chi connectivity index (χ1) is 15.1. The minimum absolute atomic E-state index is 0.0520. The third-order valence-electron chi connectivity index (χ3n) is 5.93. The molecule has 4 rings (SSSR count). The van der Waals surface area contributed by atoms with Crippen LogP contribution < -0.4 is 0 Å². The van der Waals surface area contributed by atoms with Gasteiger partial charge in [0.15, 0.2) is 5.82 Å². The van der Waals surface area contributed by atoms with Crippen molar-refractivity contribution in [2.45, 2.75) is 25.5 Å². The van der Waals surface area contributed by atoms with E-state index >= 15 is 0 Å². The zero-order chi connectivity index (χ0) is 21.8. The summed E-state index contributed by atoms with van der Waals surface area (Å²) in [5.74, 6) is 0.0306. The van der Waals surface area contributed by atoms with Gasteiger partial charge in [-0.2, -0.15) is 5.10 Å². The van der Waals surface area contributed by atoms with Crippen molar-refractivity contribution >= 4 is 11.5 Å². The SMILES string of the molecule is CO[C@H]1CCN(CC(=O)N2CC=C(c3ccc(-c4ncn(CCO)n4)c(F)c3)CC2)C1. The molecule has 1 atom stereocenters. The highest BCUT2D eigenvalue weighted by molar-refractivity contribution is 5.80. The molecule has 1 saturated heterocycles. The summed E-state index contributed by atoms with van der Waals surface area (Å²) in [4.78, 5) is 20.7. The Morgan fingerprint density at radius 2 is 2.23 bits per heavy atom. The van der Waals surface area contributed by atoms with E-state index in [0.717, 1.165) is 30.6 Å². The predicted octanol–water partition coefficient (Wildman–Crippen LogP) is 1.41. The van der Waals surface area contributed by atoms with Crippen molar-refractivity contribution in [2.75, 3.05) is 46.4 Å². The molecule has 2 aliphatic rings. The number of aromatic nitrogens is 3. The van der Waals surface area contributed by atoms with Crippen LogP contribution in [0.4, 0.5) is 4.39 Å². The number of hydrogen-bond acceptors (Lipinski definition) is 6. The zero-order valence-electron chi connectivity index (χ0n) is 17.7. The minimum Gasteiger partial charge on any atom is -0.394 e. The van der Waals surface area contributed by atoms with Gasteiger partial charge in [-0.25, -0.2) is 9.37 Å². The van der Waals surface area contributed by atoms with E-state index in [2.05, 4.69) is 15.0 Å². The number of ether oxygens (including phenoxy) is 1. The molecule has 1 fully saturated rings. The van der Waals surface area contributed by atoms with Crippen LogP contribution in [0.25, 0.3) is 17.0 Å². The summed E-state index contributed by atoms with van der Waals surface area (Å²) in [6, 6.07) is 5.05. The molecule has 1 aromatic carbocycles. The third-order valence-corrected chi connectivity index (χ3v) is 5.93. The summed E-state index contributed by atoms with van der Waals surface area (Å²) in [6.45, 7) is 3.54. The van der Waals surface area contributed by atoms with Gasteiger partial charge < -0.3 is 14.7 Å². The molecule has 8 nitrogen and oxygen atoms in total. The summed E-state index contributed by atoms with van der Waals surface area (Å²) >= 11 is 0. The molecule has 0 spiro atoms. The van der Waals surface area contributed by atoms with Crippen molar-refractivity contribution in [3.05, 3.63) is 42.0 Å². The fourth-order valence-electron chi connectivity index (χ4n) is 4.11. The second-order valence-electron chi connectivity index (χ2n) is 7.95. The van der Waals surface area contributed by atoms with E-state index in [1.807, 2.05) is 17.0 Å². The van der Waals surface area contributed by atoms with Crippen molar-refractivity contribution in [1.29, 1.82) is 0 Å². The van der Waals surface area contributed by atoms with Gasteiger partial charge in [0.1, 0.15) is 12.1 Å². The minimum atomic E-state index is -0.389. The number of nitrogens with zero attached hydrogens (tertiary/aromatic N) is 5. The molecule has 3 heterocycles. The van der Waals surface area contributed by atoms with Gasteiger partial charge in [0.2, 0.25) is 5.91 Å². The van der Waals surface area contributed by atoms with E-state index in [0.29, 0.717) is 44.0 Å². The van der Waals surface area contributed by atoms with Gasteiger partial charge in [-0.05, 0) is 36.1 Å². The number of aliphatic hydroxyl groups excluding tert-OH is 1. The second-order valence-corrected chi connectivity index (χ2v) is 7.95. The van der Waals surface area contributed by atoms with E-state index in [1.54, 1.807) is 13.2 Å². The number of carbonyl (C=O) groups excluding carboxylic acids is 1. The van der Waals surface area contributed by atoms with Gasteiger partial charge in [-0.15, -0.1) is 0 Å². The molecule has 0 bridgehead atoms. The lowest BCUT2D eigenvalue weighted by molar-refractivity contribution is -0.131. The number of aliphatic hydroxyl groups is 1. The van der Waals surface area contributed by atoms with E-state index in [4.69, 9.17) is 9.84 Å². The van der Waals surface area contributed by atoms with E-state index in [1.165, 1.54) is 17.1 Å². The zero-order valence-corrected chi connectivity index (χ0v) is 17.7. The first-order valence-electron chi connectivity index (χ1n) is 10.6. The van der Waals surface area contributed by atoms with Crippen molar-refractivity contribution < 1.29 is 19.0 Å². The Labute approximate surface area is 180 Å². The molecule has 2 aliphatic heterocycles. The summed E-state index contributed by atoms with van der Waals surface area (Å²) in [5, 5.41) is 13.2. The Bertz CT molecular complexity index is 960. The van der Waals surface area contributed by atoms with Crippen molar-refractivity contribution in [1.82, 2.24) is 24.6 Å². The van der Waals surface area contributed by atoms with E-state index < -0.39 is 0 Å².